The first kappa shape index (κ1) is 21.8. The lowest BCUT2D eigenvalue weighted by molar-refractivity contribution is -0.140. The van der Waals surface area contributed by atoms with Gasteiger partial charge in [0.15, 0.2) is 6.29 Å². The highest BCUT2D eigenvalue weighted by Crippen LogP contribution is 2.18. The van der Waals surface area contributed by atoms with Crippen molar-refractivity contribution in [2.24, 2.45) is 0 Å². The number of carbonyl (C=O) groups excluding carboxylic acids is 3. The van der Waals surface area contributed by atoms with E-state index in [0.29, 0.717) is 38.3 Å². The Bertz CT molecular complexity index is 624. The lowest BCUT2D eigenvalue weighted by atomic mass is 10.0. The van der Waals surface area contributed by atoms with Gasteiger partial charge in [-0.25, -0.2) is 0 Å². The highest BCUT2D eigenvalue weighted by Gasteiger charge is 2.20. The monoisotopic (exact) mass is 364 g/mol. The summed E-state index contributed by atoms with van der Waals surface area (Å²) in [4.78, 5) is 35.8. The summed E-state index contributed by atoms with van der Waals surface area (Å²) in [6.07, 6.45) is 0.939. The maximum atomic E-state index is 12.4. The molecule has 0 saturated heterocycles. The molecule has 0 fully saturated rings. The molecule has 0 aliphatic heterocycles. The van der Waals surface area contributed by atoms with Crippen molar-refractivity contribution in [1.82, 2.24) is 5.32 Å². The molecule has 0 atom stereocenters. The molecule has 0 aromatic heterocycles. The van der Waals surface area contributed by atoms with Crippen molar-refractivity contribution in [2.45, 2.75) is 46.8 Å². The van der Waals surface area contributed by atoms with Crippen LogP contribution in [0.15, 0.2) is 18.2 Å². The first-order valence-electron chi connectivity index (χ1n) is 8.83. The van der Waals surface area contributed by atoms with Crippen LogP contribution in [0.4, 0.5) is 5.69 Å². The predicted octanol–water partition coefficient (Wildman–Crippen LogP) is 2.43. The third kappa shape index (κ3) is 7.33. The number of rotatable bonds is 11. The van der Waals surface area contributed by atoms with Crippen LogP contribution in [0.2, 0.25) is 0 Å². The number of Topliss-reactive ketones (excluding diaryl/α,β-unsaturated/α-hetero) is 1. The van der Waals surface area contributed by atoms with E-state index in [-0.39, 0.29) is 17.8 Å². The number of ketones is 1. The number of nitrogens with one attached hydrogen (secondary N) is 2. The molecule has 0 aliphatic carbocycles. The summed E-state index contributed by atoms with van der Waals surface area (Å²) in [6, 6.07) is 4.97. The Kier molecular flexibility index (Phi) is 9.54. The van der Waals surface area contributed by atoms with Gasteiger partial charge in [-0.05, 0) is 39.3 Å². The van der Waals surface area contributed by atoms with Gasteiger partial charge < -0.3 is 20.1 Å². The van der Waals surface area contributed by atoms with Crippen molar-refractivity contribution in [1.29, 1.82) is 0 Å². The molecule has 0 spiro atoms. The third-order valence-corrected chi connectivity index (χ3v) is 3.54. The lowest BCUT2D eigenvalue weighted by Crippen LogP contribution is -2.33. The van der Waals surface area contributed by atoms with Gasteiger partial charge in [0, 0.05) is 33.1 Å². The molecule has 0 aliphatic rings. The second kappa shape index (κ2) is 11.4. The van der Waals surface area contributed by atoms with Gasteiger partial charge in [0.25, 0.3) is 11.7 Å². The Morgan fingerprint density at radius 2 is 1.77 bits per heavy atom. The fourth-order valence-electron chi connectivity index (χ4n) is 2.40. The van der Waals surface area contributed by atoms with Gasteiger partial charge in [0.2, 0.25) is 5.91 Å². The van der Waals surface area contributed by atoms with Crippen molar-refractivity contribution in [3.8, 4) is 0 Å². The number of aryl methyl sites for hydroxylation is 1. The zero-order chi connectivity index (χ0) is 19.5. The molecule has 1 rings (SSSR count). The van der Waals surface area contributed by atoms with Crippen molar-refractivity contribution < 1.29 is 23.9 Å². The van der Waals surface area contributed by atoms with E-state index in [0.717, 1.165) is 5.56 Å². The maximum absolute atomic E-state index is 12.4. The second-order valence-electron chi connectivity index (χ2n) is 5.80. The van der Waals surface area contributed by atoms with Crippen LogP contribution in [-0.4, -0.2) is 43.6 Å². The number of ether oxygens (including phenoxy) is 2. The number of carbonyl (C=O) groups is 3. The maximum Gasteiger partial charge on any atom is 0.292 e. The van der Waals surface area contributed by atoms with Crippen LogP contribution >= 0.6 is 0 Å². The highest BCUT2D eigenvalue weighted by molar-refractivity contribution is 6.44. The van der Waals surface area contributed by atoms with Crippen LogP contribution in [0.1, 0.15) is 49.5 Å². The molecule has 7 nitrogen and oxygen atoms in total. The van der Waals surface area contributed by atoms with E-state index in [4.69, 9.17) is 9.47 Å². The molecule has 0 bridgehead atoms. The average molecular weight is 364 g/mol. The minimum atomic E-state index is -0.702. The first-order valence-corrected chi connectivity index (χ1v) is 8.83. The summed E-state index contributed by atoms with van der Waals surface area (Å²) in [7, 11) is 0. The minimum Gasteiger partial charge on any atom is -0.353 e. The molecule has 144 valence electrons. The Morgan fingerprint density at radius 1 is 1.12 bits per heavy atom. The Hall–Kier alpha value is -2.25. The number of anilines is 1. The van der Waals surface area contributed by atoms with E-state index in [2.05, 4.69) is 10.6 Å². The van der Waals surface area contributed by atoms with Gasteiger partial charge in [0.1, 0.15) is 0 Å². The molecule has 0 heterocycles. The van der Waals surface area contributed by atoms with E-state index >= 15 is 0 Å². The van der Waals surface area contributed by atoms with E-state index in [1.54, 1.807) is 18.2 Å². The second-order valence-corrected chi connectivity index (χ2v) is 5.80. The Labute approximate surface area is 154 Å². The fraction of sp³-hybridized carbons (Fsp3) is 0.526. The van der Waals surface area contributed by atoms with Crippen molar-refractivity contribution >= 4 is 23.3 Å². The molecular weight excluding hydrogens is 336 g/mol. The fourth-order valence-corrected chi connectivity index (χ4v) is 2.40. The minimum absolute atomic E-state index is 0.180. The van der Waals surface area contributed by atoms with E-state index in [9.17, 15) is 14.4 Å². The Balaban J connectivity index is 2.61. The highest BCUT2D eigenvalue weighted by atomic mass is 16.7. The van der Waals surface area contributed by atoms with Crippen LogP contribution in [0.5, 0.6) is 0 Å². The van der Waals surface area contributed by atoms with E-state index < -0.39 is 11.7 Å². The predicted molar refractivity (Wildman–Crippen MR) is 99.1 cm³/mol. The summed E-state index contributed by atoms with van der Waals surface area (Å²) in [5.74, 6) is -1.68. The van der Waals surface area contributed by atoms with Gasteiger partial charge >= 0.3 is 0 Å². The van der Waals surface area contributed by atoms with Gasteiger partial charge in [-0.3, -0.25) is 14.4 Å². The van der Waals surface area contributed by atoms with Gasteiger partial charge in [-0.15, -0.1) is 0 Å². The molecule has 0 unspecified atom stereocenters. The summed E-state index contributed by atoms with van der Waals surface area (Å²) in [5.41, 5.74) is 1.33. The number of amides is 2. The zero-order valence-electron chi connectivity index (χ0n) is 15.9. The topological polar surface area (TPSA) is 93.7 Å². The smallest absolute Gasteiger partial charge is 0.292 e. The van der Waals surface area contributed by atoms with Crippen LogP contribution in [-0.2, 0) is 19.1 Å². The van der Waals surface area contributed by atoms with Gasteiger partial charge in [0.05, 0.1) is 11.3 Å². The summed E-state index contributed by atoms with van der Waals surface area (Å²) >= 11 is 0. The summed E-state index contributed by atoms with van der Waals surface area (Å²) in [5, 5.41) is 5.18. The first-order chi connectivity index (χ1) is 12.4. The average Bonchev–Trinajstić information content (AvgIpc) is 2.59. The normalized spacial score (nSPS) is 10.7. The molecule has 2 N–H and O–H groups in total. The molecule has 1 aromatic carbocycles. The quantitative estimate of drug-likeness (QED) is 0.272. The zero-order valence-corrected chi connectivity index (χ0v) is 15.9. The number of benzene rings is 1. The van der Waals surface area contributed by atoms with Crippen molar-refractivity contribution in [2.75, 3.05) is 25.1 Å². The van der Waals surface area contributed by atoms with Crippen LogP contribution in [0, 0.1) is 6.92 Å². The van der Waals surface area contributed by atoms with Gasteiger partial charge in [-0.1, -0.05) is 11.6 Å². The molecule has 0 radical (unpaired) electrons. The van der Waals surface area contributed by atoms with Crippen LogP contribution in [0.3, 0.4) is 0 Å². The third-order valence-electron chi connectivity index (χ3n) is 3.54. The lowest BCUT2D eigenvalue weighted by Gasteiger charge is -2.16. The SMILES string of the molecule is CCOC(CCCNC(=O)C(=O)c1cc(C)ccc1NC(C)=O)OCC. The summed E-state index contributed by atoms with van der Waals surface area (Å²) in [6.45, 7) is 8.38. The number of hydrogen-bond acceptors (Lipinski definition) is 5. The van der Waals surface area contributed by atoms with Crippen LogP contribution < -0.4 is 10.6 Å². The number of hydrogen-bond donors (Lipinski definition) is 2. The van der Waals surface area contributed by atoms with Crippen molar-refractivity contribution in [3.63, 3.8) is 0 Å². The van der Waals surface area contributed by atoms with Crippen LogP contribution in [0.25, 0.3) is 0 Å². The molecular formula is C19H28N2O5. The molecule has 2 amide bonds. The molecule has 26 heavy (non-hydrogen) atoms. The van der Waals surface area contributed by atoms with Crippen molar-refractivity contribution in [3.05, 3.63) is 29.3 Å². The molecule has 7 heteroatoms. The molecule has 1 aromatic rings. The standard InChI is InChI=1S/C19H28N2O5/c1-5-25-17(26-6-2)8-7-11-20-19(24)18(23)15-12-13(3)9-10-16(15)21-14(4)22/h9-10,12,17H,5-8,11H2,1-4H3,(H,20,24)(H,21,22). The van der Waals surface area contributed by atoms with E-state index in [1.165, 1.54) is 6.92 Å². The van der Waals surface area contributed by atoms with E-state index in [1.807, 2.05) is 20.8 Å². The van der Waals surface area contributed by atoms with Gasteiger partial charge in [-0.2, -0.15) is 0 Å². The molecule has 0 saturated carbocycles. The largest absolute Gasteiger partial charge is 0.353 e. The summed E-state index contributed by atoms with van der Waals surface area (Å²) < 4.78 is 10.9. The Morgan fingerprint density at radius 3 is 2.35 bits per heavy atom.